The Hall–Kier alpha value is -0.750. The topological polar surface area (TPSA) is 33.7 Å². The molecule has 4 nitrogen and oxygen atoms in total. The number of rotatable bonds is 3. The van der Waals surface area contributed by atoms with E-state index in [0.29, 0.717) is 0 Å². The SMILES string of the molecule is CC.COc1ccc(SN2CCOC23CCNCC3)cc1. The average Bonchev–Trinajstić information content (AvgIpc) is 2.93. The molecule has 5 heteroatoms. The second-order valence-electron chi connectivity index (χ2n) is 4.91. The third-order valence-electron chi connectivity index (χ3n) is 3.78. The molecule has 0 aliphatic carbocycles. The normalized spacial score (nSPS) is 20.9. The molecular weight excluding hydrogens is 284 g/mol. The summed E-state index contributed by atoms with van der Waals surface area (Å²) in [4.78, 5) is 1.24. The van der Waals surface area contributed by atoms with Gasteiger partial charge in [-0.1, -0.05) is 13.8 Å². The van der Waals surface area contributed by atoms with Crippen LogP contribution in [0.15, 0.2) is 29.2 Å². The van der Waals surface area contributed by atoms with Crippen LogP contribution in [0.3, 0.4) is 0 Å². The number of nitrogens with zero attached hydrogens (tertiary/aromatic N) is 1. The Balaban J connectivity index is 0.000000774. The van der Waals surface area contributed by atoms with Gasteiger partial charge >= 0.3 is 0 Å². The zero-order chi connectivity index (χ0) is 15.1. The summed E-state index contributed by atoms with van der Waals surface area (Å²) in [5, 5.41) is 3.40. The number of hydrogen-bond donors (Lipinski definition) is 1. The summed E-state index contributed by atoms with van der Waals surface area (Å²) in [6.07, 6.45) is 2.13. The fourth-order valence-corrected chi connectivity index (χ4v) is 3.78. The van der Waals surface area contributed by atoms with E-state index in [1.54, 1.807) is 19.1 Å². The number of hydrogen-bond acceptors (Lipinski definition) is 5. The van der Waals surface area contributed by atoms with Gasteiger partial charge in [0.05, 0.1) is 13.7 Å². The van der Waals surface area contributed by atoms with Gasteiger partial charge in [-0.15, -0.1) is 0 Å². The lowest BCUT2D eigenvalue weighted by Crippen LogP contribution is -2.49. The lowest BCUT2D eigenvalue weighted by molar-refractivity contribution is -0.0672. The molecule has 2 saturated heterocycles. The monoisotopic (exact) mass is 310 g/mol. The third-order valence-corrected chi connectivity index (χ3v) is 5.00. The average molecular weight is 310 g/mol. The molecule has 21 heavy (non-hydrogen) atoms. The van der Waals surface area contributed by atoms with Crippen molar-refractivity contribution in [1.29, 1.82) is 0 Å². The molecule has 1 N–H and O–H groups in total. The summed E-state index contributed by atoms with van der Waals surface area (Å²) in [5.74, 6) is 0.901. The highest BCUT2D eigenvalue weighted by Gasteiger charge is 2.43. The van der Waals surface area contributed by atoms with E-state index in [0.717, 1.165) is 44.8 Å². The van der Waals surface area contributed by atoms with Gasteiger partial charge < -0.3 is 14.8 Å². The van der Waals surface area contributed by atoms with Crippen molar-refractivity contribution >= 4 is 11.9 Å². The minimum atomic E-state index is -0.0597. The van der Waals surface area contributed by atoms with Crippen LogP contribution in [0, 0.1) is 0 Å². The maximum absolute atomic E-state index is 6.05. The smallest absolute Gasteiger partial charge is 0.133 e. The molecule has 0 atom stereocenters. The molecule has 0 unspecified atom stereocenters. The second-order valence-corrected chi connectivity index (χ2v) is 6.01. The van der Waals surface area contributed by atoms with E-state index in [2.05, 4.69) is 21.8 Å². The summed E-state index contributed by atoms with van der Waals surface area (Å²) in [7, 11) is 1.69. The highest BCUT2D eigenvalue weighted by atomic mass is 32.2. The summed E-state index contributed by atoms with van der Waals surface area (Å²) in [6, 6.07) is 8.23. The predicted molar refractivity (Wildman–Crippen MR) is 87.7 cm³/mol. The fourth-order valence-electron chi connectivity index (χ4n) is 2.70. The summed E-state index contributed by atoms with van der Waals surface area (Å²) >= 11 is 1.80. The van der Waals surface area contributed by atoms with Crippen LogP contribution in [0.1, 0.15) is 26.7 Å². The van der Waals surface area contributed by atoms with Crippen LogP contribution in [0.4, 0.5) is 0 Å². The molecule has 0 saturated carbocycles. The molecular formula is C16H26N2O2S. The molecule has 0 aromatic heterocycles. The molecule has 3 rings (SSSR count). The molecule has 118 valence electrons. The van der Waals surface area contributed by atoms with Crippen LogP contribution in [-0.2, 0) is 4.74 Å². The van der Waals surface area contributed by atoms with Gasteiger partial charge in [-0.25, -0.2) is 4.31 Å². The van der Waals surface area contributed by atoms with E-state index < -0.39 is 0 Å². The Bertz CT molecular complexity index is 419. The highest BCUT2D eigenvalue weighted by Crippen LogP contribution is 2.40. The van der Waals surface area contributed by atoms with E-state index in [9.17, 15) is 0 Å². The molecule has 0 bridgehead atoms. The van der Waals surface area contributed by atoms with Gasteiger partial charge in [0.25, 0.3) is 0 Å². The molecule has 1 spiro atoms. The van der Waals surface area contributed by atoms with E-state index in [4.69, 9.17) is 9.47 Å². The molecule has 1 aromatic carbocycles. The van der Waals surface area contributed by atoms with Gasteiger partial charge in [0.1, 0.15) is 11.5 Å². The zero-order valence-electron chi connectivity index (χ0n) is 13.2. The first kappa shape index (κ1) is 16.6. The van der Waals surface area contributed by atoms with E-state index in [1.165, 1.54) is 4.90 Å². The van der Waals surface area contributed by atoms with Gasteiger partial charge in [-0.3, -0.25) is 0 Å². The van der Waals surface area contributed by atoms with Crippen LogP contribution in [-0.4, -0.2) is 43.4 Å². The summed E-state index contributed by atoms with van der Waals surface area (Å²) in [5.41, 5.74) is -0.0597. The second kappa shape index (κ2) is 8.03. The number of nitrogens with one attached hydrogen (secondary N) is 1. The predicted octanol–water partition coefficient (Wildman–Crippen LogP) is 3.14. The van der Waals surface area contributed by atoms with Crippen molar-refractivity contribution in [3.05, 3.63) is 24.3 Å². The summed E-state index contributed by atoms with van der Waals surface area (Å²) < 4.78 is 13.7. The molecule has 2 heterocycles. The van der Waals surface area contributed by atoms with E-state index >= 15 is 0 Å². The van der Waals surface area contributed by atoms with Crippen LogP contribution in [0.2, 0.25) is 0 Å². The van der Waals surface area contributed by atoms with Crippen molar-refractivity contribution in [1.82, 2.24) is 9.62 Å². The van der Waals surface area contributed by atoms with Crippen molar-refractivity contribution in [2.75, 3.05) is 33.4 Å². The van der Waals surface area contributed by atoms with E-state index in [1.807, 2.05) is 26.0 Å². The van der Waals surface area contributed by atoms with Crippen LogP contribution >= 0.6 is 11.9 Å². The Morgan fingerprint density at radius 1 is 1.19 bits per heavy atom. The first-order valence-corrected chi connectivity index (χ1v) is 8.54. The van der Waals surface area contributed by atoms with E-state index in [-0.39, 0.29) is 5.72 Å². The van der Waals surface area contributed by atoms with Crippen molar-refractivity contribution < 1.29 is 9.47 Å². The highest BCUT2D eigenvalue weighted by molar-refractivity contribution is 7.97. The summed E-state index contributed by atoms with van der Waals surface area (Å²) in [6.45, 7) is 7.92. The van der Waals surface area contributed by atoms with Gasteiger partial charge in [-0.05, 0) is 49.3 Å². The zero-order valence-corrected chi connectivity index (χ0v) is 14.0. The Kier molecular flexibility index (Phi) is 6.36. The van der Waals surface area contributed by atoms with Crippen molar-refractivity contribution in [2.45, 2.75) is 37.3 Å². The Labute approximate surface area is 132 Å². The fraction of sp³-hybridized carbons (Fsp3) is 0.625. The first-order valence-electron chi connectivity index (χ1n) is 7.77. The molecule has 0 radical (unpaired) electrons. The van der Waals surface area contributed by atoms with Crippen LogP contribution < -0.4 is 10.1 Å². The maximum atomic E-state index is 6.05. The standard InChI is InChI=1S/C14H20N2O2S.C2H6/c1-17-12-2-4-13(5-3-12)19-16-10-11-18-14(16)6-8-15-9-7-14;1-2/h2-5,15H,6-11H2,1H3;1-2H3. The Morgan fingerprint density at radius 3 is 2.48 bits per heavy atom. The number of methoxy groups -OCH3 is 1. The van der Waals surface area contributed by atoms with Crippen LogP contribution in [0.25, 0.3) is 0 Å². The maximum Gasteiger partial charge on any atom is 0.133 e. The molecule has 0 amide bonds. The van der Waals surface area contributed by atoms with Crippen molar-refractivity contribution in [3.63, 3.8) is 0 Å². The van der Waals surface area contributed by atoms with Gasteiger partial charge in [0, 0.05) is 24.3 Å². The lowest BCUT2D eigenvalue weighted by atomic mass is 10.0. The quantitative estimate of drug-likeness (QED) is 0.868. The molecule has 2 aliphatic heterocycles. The Morgan fingerprint density at radius 2 is 1.86 bits per heavy atom. The molecule has 2 fully saturated rings. The van der Waals surface area contributed by atoms with Gasteiger partial charge in [0.15, 0.2) is 0 Å². The largest absolute Gasteiger partial charge is 0.497 e. The minimum Gasteiger partial charge on any atom is -0.497 e. The lowest BCUT2D eigenvalue weighted by Gasteiger charge is -2.39. The minimum absolute atomic E-state index is 0.0597. The number of benzene rings is 1. The van der Waals surface area contributed by atoms with Crippen molar-refractivity contribution in [2.24, 2.45) is 0 Å². The molecule has 1 aromatic rings. The number of ether oxygens (including phenoxy) is 2. The van der Waals surface area contributed by atoms with Crippen molar-refractivity contribution in [3.8, 4) is 5.75 Å². The van der Waals surface area contributed by atoms with Crippen LogP contribution in [0.5, 0.6) is 5.75 Å². The first-order chi connectivity index (χ1) is 10.3. The third kappa shape index (κ3) is 3.92. The van der Waals surface area contributed by atoms with Gasteiger partial charge in [0.2, 0.25) is 0 Å². The van der Waals surface area contributed by atoms with Gasteiger partial charge in [-0.2, -0.15) is 0 Å². The number of piperidine rings is 1. The molecule has 2 aliphatic rings.